The molecular weight excluding hydrogens is 488 g/mol. The van der Waals surface area contributed by atoms with Gasteiger partial charge in [-0.1, -0.05) is 156 Å². The summed E-state index contributed by atoms with van der Waals surface area (Å²) in [7, 11) is 0. The van der Waals surface area contributed by atoms with Crippen LogP contribution < -0.4 is 0 Å². The number of hydrogen-bond acceptors (Lipinski definition) is 5. The van der Waals surface area contributed by atoms with Crippen molar-refractivity contribution >= 4 is 11.9 Å². The van der Waals surface area contributed by atoms with E-state index in [-0.39, 0.29) is 25.2 Å². The molecule has 0 saturated carbocycles. The second-order valence-electron chi connectivity index (χ2n) is 11.9. The zero-order valence-electron chi connectivity index (χ0n) is 26.3. The minimum Gasteiger partial charge on any atom is -0.462 e. The second-order valence-corrected chi connectivity index (χ2v) is 11.9. The molecule has 39 heavy (non-hydrogen) atoms. The Hall–Kier alpha value is -1.10. The van der Waals surface area contributed by atoms with Crippen molar-refractivity contribution in [2.24, 2.45) is 5.92 Å². The van der Waals surface area contributed by atoms with Crippen molar-refractivity contribution < 1.29 is 24.2 Å². The Morgan fingerprint density at radius 2 is 1.00 bits per heavy atom. The zero-order valence-corrected chi connectivity index (χ0v) is 26.3. The third kappa shape index (κ3) is 28.2. The summed E-state index contributed by atoms with van der Waals surface area (Å²) in [5.41, 5.74) is 0. The smallest absolute Gasteiger partial charge is 0.306 e. The van der Waals surface area contributed by atoms with E-state index in [0.29, 0.717) is 12.8 Å². The van der Waals surface area contributed by atoms with Crippen molar-refractivity contribution in [1.82, 2.24) is 0 Å². The fraction of sp³-hybridized carbons (Fsp3) is 0.941. The molecule has 0 aromatic carbocycles. The molecule has 232 valence electrons. The summed E-state index contributed by atoms with van der Waals surface area (Å²) in [4.78, 5) is 24.1. The summed E-state index contributed by atoms with van der Waals surface area (Å²) in [6.07, 6.45) is 28.7. The second kappa shape index (κ2) is 29.9. The highest BCUT2D eigenvalue weighted by molar-refractivity contribution is 5.70. The number of unbranched alkanes of at least 4 members (excludes halogenated alkanes) is 19. The molecule has 0 fully saturated rings. The molecule has 1 N–H and O–H groups in total. The van der Waals surface area contributed by atoms with Crippen LogP contribution in [-0.2, 0) is 19.1 Å². The maximum Gasteiger partial charge on any atom is 0.306 e. The summed E-state index contributed by atoms with van der Waals surface area (Å²) < 4.78 is 10.5. The first-order valence-electron chi connectivity index (χ1n) is 17.0. The number of aliphatic hydroxyl groups excluding tert-OH is 1. The molecule has 0 spiro atoms. The van der Waals surface area contributed by atoms with Crippen LogP contribution in [-0.4, -0.2) is 36.4 Å². The Balaban J connectivity index is 3.55. The van der Waals surface area contributed by atoms with Crippen molar-refractivity contribution in [3.05, 3.63) is 0 Å². The molecular formula is C34H66O5. The van der Waals surface area contributed by atoms with Crippen molar-refractivity contribution in [2.45, 2.75) is 187 Å². The Bertz CT molecular complexity index is 536. The van der Waals surface area contributed by atoms with Crippen molar-refractivity contribution in [1.29, 1.82) is 0 Å². The molecule has 0 aliphatic rings. The summed E-state index contributed by atoms with van der Waals surface area (Å²) in [6, 6.07) is 0. The quantitative estimate of drug-likeness (QED) is 0.0706. The molecule has 5 heteroatoms. The van der Waals surface area contributed by atoms with E-state index in [2.05, 4.69) is 20.8 Å². The lowest BCUT2D eigenvalue weighted by Gasteiger charge is -2.15. The van der Waals surface area contributed by atoms with E-state index in [1.54, 1.807) is 0 Å². The van der Waals surface area contributed by atoms with Crippen LogP contribution in [0, 0.1) is 5.92 Å². The Kier molecular flexibility index (Phi) is 29.0. The van der Waals surface area contributed by atoms with Gasteiger partial charge in [0, 0.05) is 12.8 Å². The van der Waals surface area contributed by atoms with E-state index in [1.165, 1.54) is 109 Å². The summed E-state index contributed by atoms with van der Waals surface area (Å²) in [5.74, 6) is 0.243. The van der Waals surface area contributed by atoms with Crippen LogP contribution in [0.3, 0.4) is 0 Å². The van der Waals surface area contributed by atoms with Gasteiger partial charge in [-0.3, -0.25) is 9.59 Å². The van der Waals surface area contributed by atoms with E-state index in [0.717, 1.165) is 44.4 Å². The fourth-order valence-corrected chi connectivity index (χ4v) is 4.94. The number of rotatable bonds is 30. The molecule has 0 aromatic heterocycles. The minimum absolute atomic E-state index is 0.0600. The Morgan fingerprint density at radius 1 is 0.590 bits per heavy atom. The van der Waals surface area contributed by atoms with Gasteiger partial charge < -0.3 is 14.6 Å². The average Bonchev–Trinajstić information content (AvgIpc) is 2.94. The molecule has 0 amide bonds. The standard InChI is InChI=1S/C34H66O5/c1-4-6-7-8-9-10-11-12-13-14-15-16-17-22-25-28-34(37)39-32(29-35)30-38-33(36)27-24-21-19-18-20-23-26-31(3)5-2/h31-32,35H,4-30H2,1-3H3/t31?,32-/m0/s1. The molecule has 0 aromatic rings. The molecule has 0 rings (SSSR count). The van der Waals surface area contributed by atoms with Crippen LogP contribution in [0.5, 0.6) is 0 Å². The lowest BCUT2D eigenvalue weighted by atomic mass is 10.00. The Morgan fingerprint density at radius 3 is 1.44 bits per heavy atom. The molecule has 0 aliphatic carbocycles. The van der Waals surface area contributed by atoms with Crippen LogP contribution >= 0.6 is 0 Å². The van der Waals surface area contributed by atoms with Gasteiger partial charge in [0.05, 0.1) is 6.61 Å². The summed E-state index contributed by atoms with van der Waals surface area (Å²) in [5, 5.41) is 9.49. The lowest BCUT2D eigenvalue weighted by molar-refractivity contribution is -0.161. The number of esters is 2. The molecule has 2 atom stereocenters. The highest BCUT2D eigenvalue weighted by atomic mass is 16.6. The maximum absolute atomic E-state index is 12.1. The van der Waals surface area contributed by atoms with E-state index >= 15 is 0 Å². The minimum atomic E-state index is -0.761. The number of aliphatic hydroxyl groups is 1. The average molecular weight is 555 g/mol. The third-order valence-electron chi connectivity index (χ3n) is 7.94. The zero-order chi connectivity index (χ0) is 28.8. The normalized spacial score (nSPS) is 12.8. The van der Waals surface area contributed by atoms with Crippen molar-refractivity contribution in [3.8, 4) is 0 Å². The van der Waals surface area contributed by atoms with Gasteiger partial charge >= 0.3 is 11.9 Å². The van der Waals surface area contributed by atoms with E-state index in [9.17, 15) is 14.7 Å². The van der Waals surface area contributed by atoms with Crippen LogP contribution in [0.25, 0.3) is 0 Å². The van der Waals surface area contributed by atoms with Crippen LogP contribution in [0.15, 0.2) is 0 Å². The first kappa shape index (κ1) is 37.9. The number of carbonyl (C=O) groups is 2. The molecule has 0 bridgehead atoms. The molecule has 0 radical (unpaired) electrons. The van der Waals surface area contributed by atoms with Crippen molar-refractivity contribution in [2.75, 3.05) is 13.2 Å². The van der Waals surface area contributed by atoms with Crippen LogP contribution in [0.2, 0.25) is 0 Å². The fourth-order valence-electron chi connectivity index (χ4n) is 4.94. The first-order valence-corrected chi connectivity index (χ1v) is 17.0. The van der Waals surface area contributed by atoms with Gasteiger partial charge in [0.2, 0.25) is 0 Å². The number of ether oxygens (including phenoxy) is 2. The SMILES string of the molecule is CCCCCCCCCCCCCCCCCC(=O)O[C@@H](CO)COC(=O)CCCCCCCCC(C)CC. The molecule has 0 aliphatic heterocycles. The highest BCUT2D eigenvalue weighted by Crippen LogP contribution is 2.16. The first-order chi connectivity index (χ1) is 19.0. The summed E-state index contributed by atoms with van der Waals surface area (Å²) in [6.45, 7) is 6.45. The number of carbonyl (C=O) groups excluding carboxylic acids is 2. The van der Waals surface area contributed by atoms with Crippen LogP contribution in [0.4, 0.5) is 0 Å². The highest BCUT2D eigenvalue weighted by Gasteiger charge is 2.16. The predicted octanol–water partition coefficient (Wildman–Crippen LogP) is 9.86. The topological polar surface area (TPSA) is 72.8 Å². The monoisotopic (exact) mass is 554 g/mol. The van der Waals surface area contributed by atoms with Gasteiger partial charge in [-0.15, -0.1) is 0 Å². The number of hydrogen-bond donors (Lipinski definition) is 1. The van der Waals surface area contributed by atoms with E-state index in [4.69, 9.17) is 9.47 Å². The molecule has 1 unspecified atom stereocenters. The largest absolute Gasteiger partial charge is 0.462 e. The van der Waals surface area contributed by atoms with Gasteiger partial charge in [0.25, 0.3) is 0 Å². The van der Waals surface area contributed by atoms with Gasteiger partial charge in [-0.2, -0.15) is 0 Å². The lowest BCUT2D eigenvalue weighted by Crippen LogP contribution is -2.28. The third-order valence-corrected chi connectivity index (χ3v) is 7.94. The van der Waals surface area contributed by atoms with E-state index in [1.807, 2.05) is 0 Å². The summed E-state index contributed by atoms with van der Waals surface area (Å²) >= 11 is 0. The molecule has 5 nitrogen and oxygen atoms in total. The van der Waals surface area contributed by atoms with Crippen molar-refractivity contribution in [3.63, 3.8) is 0 Å². The van der Waals surface area contributed by atoms with E-state index < -0.39 is 6.10 Å². The predicted molar refractivity (Wildman–Crippen MR) is 164 cm³/mol. The molecule has 0 heterocycles. The van der Waals surface area contributed by atoms with Gasteiger partial charge in [-0.05, 0) is 18.8 Å². The molecule has 0 saturated heterocycles. The van der Waals surface area contributed by atoms with Gasteiger partial charge in [0.1, 0.15) is 6.61 Å². The Labute approximate surface area is 242 Å². The van der Waals surface area contributed by atoms with Gasteiger partial charge in [0.15, 0.2) is 6.10 Å². The van der Waals surface area contributed by atoms with Gasteiger partial charge in [-0.25, -0.2) is 0 Å². The maximum atomic E-state index is 12.1. The van der Waals surface area contributed by atoms with Crippen LogP contribution in [0.1, 0.15) is 181 Å².